The summed E-state index contributed by atoms with van der Waals surface area (Å²) in [6.45, 7) is -0.322. The van der Waals surface area contributed by atoms with Crippen molar-refractivity contribution in [2.45, 2.75) is 6.18 Å². The lowest BCUT2D eigenvalue weighted by molar-refractivity contribution is -0.141. The Hall–Kier alpha value is -1.94. The van der Waals surface area contributed by atoms with Crippen molar-refractivity contribution < 1.29 is 22.7 Å². The molecule has 2 rings (SSSR count). The summed E-state index contributed by atoms with van der Waals surface area (Å²) in [7, 11) is 0. The van der Waals surface area contributed by atoms with Crippen LogP contribution in [0.1, 0.15) is 5.69 Å². The number of anilines is 3. The summed E-state index contributed by atoms with van der Waals surface area (Å²) in [6, 6.07) is 4.72. The molecule has 0 aliphatic carbocycles. The molecule has 0 amide bonds. The van der Waals surface area contributed by atoms with Crippen LogP contribution in [0.2, 0.25) is 0 Å². The highest BCUT2D eigenvalue weighted by atomic mass is 79.9. The molecule has 5 nitrogen and oxygen atoms in total. The third kappa shape index (κ3) is 4.76. The zero-order valence-corrected chi connectivity index (χ0v) is 13.0. The van der Waals surface area contributed by atoms with Crippen molar-refractivity contribution in [3.05, 3.63) is 40.2 Å². The van der Waals surface area contributed by atoms with E-state index in [2.05, 4.69) is 36.5 Å². The van der Waals surface area contributed by atoms with E-state index in [0.717, 1.165) is 0 Å². The minimum Gasteiger partial charge on any atom is -0.395 e. The van der Waals surface area contributed by atoms with Crippen LogP contribution in [0.5, 0.6) is 0 Å². The summed E-state index contributed by atoms with van der Waals surface area (Å²) in [6.07, 6.45) is -4.69. The molecular formula is C13H11BrF4N4O. The molecule has 0 saturated carbocycles. The van der Waals surface area contributed by atoms with Gasteiger partial charge in [-0.05, 0) is 18.2 Å². The minimum atomic E-state index is -4.69. The van der Waals surface area contributed by atoms with Crippen molar-refractivity contribution in [2.75, 3.05) is 23.8 Å². The fourth-order valence-electron chi connectivity index (χ4n) is 1.63. The Morgan fingerprint density at radius 1 is 1.17 bits per heavy atom. The molecule has 124 valence electrons. The molecular weight excluding hydrogens is 384 g/mol. The molecule has 2 aromatic rings. The zero-order chi connectivity index (χ0) is 17.0. The number of benzene rings is 1. The first-order valence-corrected chi connectivity index (χ1v) is 7.12. The van der Waals surface area contributed by atoms with Gasteiger partial charge in [-0.1, -0.05) is 15.9 Å². The Morgan fingerprint density at radius 3 is 2.52 bits per heavy atom. The van der Waals surface area contributed by atoms with Crippen molar-refractivity contribution in [3.63, 3.8) is 0 Å². The molecule has 0 saturated heterocycles. The molecule has 0 atom stereocenters. The number of hydrogen-bond donors (Lipinski definition) is 3. The maximum Gasteiger partial charge on any atom is 0.433 e. The number of halogens is 5. The van der Waals surface area contributed by atoms with E-state index in [-0.39, 0.29) is 30.6 Å². The van der Waals surface area contributed by atoms with E-state index in [1.165, 1.54) is 18.2 Å². The molecule has 0 unspecified atom stereocenters. The van der Waals surface area contributed by atoms with E-state index in [0.29, 0.717) is 10.5 Å². The second-order valence-corrected chi connectivity index (χ2v) is 5.28. The lowest BCUT2D eigenvalue weighted by atomic mass is 10.3. The van der Waals surface area contributed by atoms with Gasteiger partial charge in [-0.2, -0.15) is 18.2 Å². The first-order valence-electron chi connectivity index (χ1n) is 6.32. The van der Waals surface area contributed by atoms with Gasteiger partial charge in [-0.15, -0.1) is 0 Å². The zero-order valence-electron chi connectivity index (χ0n) is 11.5. The topological polar surface area (TPSA) is 70.1 Å². The number of nitrogens with zero attached hydrogens (tertiary/aromatic N) is 2. The number of alkyl halides is 3. The van der Waals surface area contributed by atoms with Crippen molar-refractivity contribution in [2.24, 2.45) is 0 Å². The second kappa shape index (κ2) is 7.09. The first kappa shape index (κ1) is 17.4. The van der Waals surface area contributed by atoms with E-state index in [1.807, 2.05) is 0 Å². The van der Waals surface area contributed by atoms with Crippen molar-refractivity contribution in [3.8, 4) is 0 Å². The SMILES string of the molecule is OCCNc1nc(Nc2ccc(Br)cc2F)cc(C(F)(F)F)n1. The molecule has 0 bridgehead atoms. The molecule has 10 heteroatoms. The molecule has 0 radical (unpaired) electrons. The smallest absolute Gasteiger partial charge is 0.395 e. The second-order valence-electron chi connectivity index (χ2n) is 4.36. The summed E-state index contributed by atoms with van der Waals surface area (Å²) < 4.78 is 52.9. The summed E-state index contributed by atoms with van der Waals surface area (Å²) in [4.78, 5) is 7.14. The monoisotopic (exact) mass is 394 g/mol. The van der Waals surface area contributed by atoms with Gasteiger partial charge in [0.15, 0.2) is 5.69 Å². The lowest BCUT2D eigenvalue weighted by Gasteiger charge is -2.13. The molecule has 0 aliphatic heterocycles. The standard InChI is InChI=1S/C13H11BrF4N4O/c14-7-1-2-9(8(15)5-7)20-11-6-10(13(16,17)18)21-12(22-11)19-3-4-23/h1-2,5-6,23H,3-4H2,(H2,19,20,21,22). The Bertz CT molecular complexity index is 696. The normalized spacial score (nSPS) is 11.4. The van der Waals surface area contributed by atoms with Crippen LogP contribution in [0.15, 0.2) is 28.7 Å². The summed E-state index contributed by atoms with van der Waals surface area (Å²) in [5.74, 6) is -1.21. The highest BCUT2D eigenvalue weighted by Gasteiger charge is 2.33. The number of aliphatic hydroxyl groups is 1. The Labute approximate surface area is 136 Å². The van der Waals surface area contributed by atoms with Crippen molar-refractivity contribution >= 4 is 33.4 Å². The number of aromatic nitrogens is 2. The number of rotatable bonds is 5. The van der Waals surface area contributed by atoms with Crippen LogP contribution in [0.4, 0.5) is 35.0 Å². The molecule has 0 fully saturated rings. The Morgan fingerprint density at radius 2 is 1.91 bits per heavy atom. The fourth-order valence-corrected chi connectivity index (χ4v) is 1.97. The highest BCUT2D eigenvalue weighted by molar-refractivity contribution is 9.10. The average molecular weight is 395 g/mol. The van der Waals surface area contributed by atoms with E-state index < -0.39 is 17.7 Å². The fraction of sp³-hybridized carbons (Fsp3) is 0.231. The predicted molar refractivity (Wildman–Crippen MR) is 80.0 cm³/mol. The first-order chi connectivity index (χ1) is 10.8. The van der Waals surface area contributed by atoms with Gasteiger partial charge in [0.2, 0.25) is 5.95 Å². The van der Waals surface area contributed by atoms with Crippen LogP contribution in [-0.2, 0) is 6.18 Å². The van der Waals surface area contributed by atoms with Gasteiger partial charge in [0.05, 0.1) is 12.3 Å². The average Bonchev–Trinajstić information content (AvgIpc) is 2.47. The van der Waals surface area contributed by atoms with E-state index >= 15 is 0 Å². The van der Waals surface area contributed by atoms with Crippen LogP contribution in [0.3, 0.4) is 0 Å². The number of nitrogens with one attached hydrogen (secondary N) is 2. The van der Waals surface area contributed by atoms with Crippen LogP contribution in [-0.4, -0.2) is 28.2 Å². The molecule has 1 aromatic heterocycles. The molecule has 23 heavy (non-hydrogen) atoms. The van der Waals surface area contributed by atoms with Crippen LogP contribution in [0.25, 0.3) is 0 Å². The van der Waals surface area contributed by atoms with E-state index in [1.54, 1.807) is 0 Å². The van der Waals surface area contributed by atoms with Gasteiger partial charge >= 0.3 is 6.18 Å². The van der Waals surface area contributed by atoms with Gasteiger partial charge in [0.25, 0.3) is 0 Å². The van der Waals surface area contributed by atoms with Gasteiger partial charge in [-0.3, -0.25) is 0 Å². The largest absolute Gasteiger partial charge is 0.433 e. The molecule has 1 aromatic carbocycles. The molecule has 0 spiro atoms. The van der Waals surface area contributed by atoms with Crippen LogP contribution in [0, 0.1) is 5.82 Å². The molecule has 1 heterocycles. The van der Waals surface area contributed by atoms with E-state index in [9.17, 15) is 17.6 Å². The predicted octanol–water partition coefficient (Wildman–Crippen LogP) is 3.54. The number of aliphatic hydroxyl groups excluding tert-OH is 1. The summed E-state index contributed by atoms with van der Waals surface area (Å²) in [5.41, 5.74) is -1.22. The maximum atomic E-state index is 13.8. The van der Waals surface area contributed by atoms with Crippen molar-refractivity contribution in [1.29, 1.82) is 0 Å². The summed E-state index contributed by atoms with van der Waals surface area (Å²) >= 11 is 3.08. The third-order valence-electron chi connectivity index (χ3n) is 2.61. The summed E-state index contributed by atoms with van der Waals surface area (Å²) in [5, 5.41) is 13.6. The lowest BCUT2D eigenvalue weighted by Crippen LogP contribution is -2.15. The van der Waals surface area contributed by atoms with Crippen LogP contribution < -0.4 is 10.6 Å². The third-order valence-corrected chi connectivity index (χ3v) is 3.10. The molecule has 0 aliphatic rings. The number of hydrogen-bond acceptors (Lipinski definition) is 5. The maximum absolute atomic E-state index is 13.8. The Kier molecular flexibility index (Phi) is 5.37. The van der Waals surface area contributed by atoms with Gasteiger partial charge in [0, 0.05) is 17.1 Å². The van der Waals surface area contributed by atoms with Gasteiger partial charge in [-0.25, -0.2) is 9.37 Å². The van der Waals surface area contributed by atoms with Gasteiger partial charge < -0.3 is 15.7 Å². The minimum absolute atomic E-state index is 0.0204. The van der Waals surface area contributed by atoms with Gasteiger partial charge in [0.1, 0.15) is 11.6 Å². The van der Waals surface area contributed by atoms with Crippen LogP contribution >= 0.6 is 15.9 Å². The van der Waals surface area contributed by atoms with E-state index in [4.69, 9.17) is 5.11 Å². The van der Waals surface area contributed by atoms with Crippen molar-refractivity contribution in [1.82, 2.24) is 9.97 Å². The molecule has 3 N–H and O–H groups in total. The highest BCUT2D eigenvalue weighted by Crippen LogP contribution is 2.31. The quantitative estimate of drug-likeness (QED) is 0.676. The Balaban J connectivity index is 2.36.